The topological polar surface area (TPSA) is 53.6 Å². The van der Waals surface area contributed by atoms with Gasteiger partial charge in [-0.25, -0.2) is 0 Å². The summed E-state index contributed by atoms with van der Waals surface area (Å²) in [6, 6.07) is 8.40. The summed E-state index contributed by atoms with van der Waals surface area (Å²) < 4.78 is 5.25. The first kappa shape index (κ1) is 16.6. The maximum absolute atomic E-state index is 12.3. The Bertz CT molecular complexity index is 511. The van der Waals surface area contributed by atoms with Crippen molar-refractivity contribution in [2.75, 3.05) is 38.4 Å². The number of carbonyl (C=O) groups excluding carboxylic acids is 1. The normalized spacial score (nSPS) is 22.9. The van der Waals surface area contributed by atoms with Crippen LogP contribution in [0.5, 0.6) is 5.75 Å². The van der Waals surface area contributed by atoms with Gasteiger partial charge < -0.3 is 10.1 Å². The smallest absolute Gasteiger partial charge is 0.238 e. The van der Waals surface area contributed by atoms with Crippen LogP contribution in [0.15, 0.2) is 24.3 Å². The van der Waals surface area contributed by atoms with Crippen LogP contribution in [0.25, 0.3) is 0 Å². The summed E-state index contributed by atoms with van der Waals surface area (Å²) in [5.41, 5.74) is 1.24. The van der Waals surface area contributed by atoms with Gasteiger partial charge in [-0.05, 0) is 43.6 Å². The van der Waals surface area contributed by atoms with E-state index < -0.39 is 0 Å². The Morgan fingerprint density at radius 3 is 2.74 bits per heavy atom. The van der Waals surface area contributed by atoms with Crippen LogP contribution in [0.3, 0.4) is 0 Å². The van der Waals surface area contributed by atoms with Crippen molar-refractivity contribution in [3.8, 4) is 5.75 Å². The molecule has 3 rings (SSSR count). The van der Waals surface area contributed by atoms with Gasteiger partial charge in [0.25, 0.3) is 0 Å². The molecule has 126 valence electrons. The summed E-state index contributed by atoms with van der Waals surface area (Å²) in [5.74, 6) is 2.72. The van der Waals surface area contributed by atoms with E-state index in [9.17, 15) is 4.79 Å². The fourth-order valence-corrected chi connectivity index (χ4v) is 4.16. The van der Waals surface area contributed by atoms with Gasteiger partial charge in [-0.3, -0.25) is 15.0 Å². The van der Waals surface area contributed by atoms with E-state index in [0.29, 0.717) is 6.54 Å². The minimum absolute atomic E-state index is 0.0462. The monoisotopic (exact) mass is 335 g/mol. The molecule has 2 saturated heterocycles. The minimum Gasteiger partial charge on any atom is -0.497 e. The molecule has 6 heteroatoms. The van der Waals surface area contributed by atoms with Crippen LogP contribution in [-0.4, -0.2) is 55.2 Å². The van der Waals surface area contributed by atoms with E-state index in [1.165, 1.54) is 18.4 Å². The molecule has 5 nitrogen and oxygen atoms in total. The van der Waals surface area contributed by atoms with Crippen LogP contribution in [0, 0.1) is 0 Å². The van der Waals surface area contributed by atoms with Crippen LogP contribution in [0.4, 0.5) is 0 Å². The lowest BCUT2D eigenvalue weighted by molar-refractivity contribution is -0.122. The van der Waals surface area contributed by atoms with Crippen molar-refractivity contribution in [2.24, 2.45) is 0 Å². The van der Waals surface area contributed by atoms with E-state index in [4.69, 9.17) is 4.74 Å². The molecule has 0 aromatic heterocycles. The second-order valence-corrected chi connectivity index (χ2v) is 7.08. The summed E-state index contributed by atoms with van der Waals surface area (Å²) in [6.07, 6.45) is 2.48. The summed E-state index contributed by atoms with van der Waals surface area (Å²) in [4.78, 5) is 14.7. The molecular weight excluding hydrogens is 310 g/mol. The zero-order valence-electron chi connectivity index (χ0n) is 13.6. The average Bonchev–Trinajstić information content (AvgIpc) is 3.29. The first-order valence-electron chi connectivity index (χ1n) is 8.25. The number of ether oxygens (including phenoxy) is 1. The third-order valence-electron chi connectivity index (χ3n) is 4.58. The maximum atomic E-state index is 12.3. The SMILES string of the molecule is COc1ccc(C(CNC(=O)[C@H]2CSCN2)N2CCCC2)cc1. The Morgan fingerprint density at radius 2 is 2.13 bits per heavy atom. The molecule has 2 aliphatic rings. The van der Waals surface area contributed by atoms with Gasteiger partial charge in [-0.1, -0.05) is 12.1 Å². The molecule has 2 aliphatic heterocycles. The molecule has 0 aliphatic carbocycles. The number of nitrogens with zero attached hydrogens (tertiary/aromatic N) is 1. The van der Waals surface area contributed by atoms with Gasteiger partial charge in [-0.15, -0.1) is 11.8 Å². The summed E-state index contributed by atoms with van der Waals surface area (Å²) in [7, 11) is 1.68. The lowest BCUT2D eigenvalue weighted by Gasteiger charge is -2.28. The number of likely N-dealkylation sites (tertiary alicyclic amines) is 1. The molecule has 0 bridgehead atoms. The van der Waals surface area contributed by atoms with E-state index in [-0.39, 0.29) is 18.0 Å². The molecule has 1 aromatic rings. The Hall–Kier alpha value is -1.24. The highest BCUT2D eigenvalue weighted by Gasteiger charge is 2.27. The van der Waals surface area contributed by atoms with Gasteiger partial charge in [0.1, 0.15) is 5.75 Å². The lowest BCUT2D eigenvalue weighted by atomic mass is 10.0. The average molecular weight is 335 g/mol. The molecule has 2 fully saturated rings. The molecule has 23 heavy (non-hydrogen) atoms. The fourth-order valence-electron chi connectivity index (χ4n) is 3.22. The van der Waals surface area contributed by atoms with Gasteiger partial charge in [0, 0.05) is 18.2 Å². The predicted octanol–water partition coefficient (Wildman–Crippen LogP) is 1.61. The molecule has 1 aromatic carbocycles. The zero-order valence-corrected chi connectivity index (χ0v) is 14.4. The van der Waals surface area contributed by atoms with Crippen LogP contribution in [0.1, 0.15) is 24.4 Å². The van der Waals surface area contributed by atoms with Gasteiger partial charge >= 0.3 is 0 Å². The highest BCUT2D eigenvalue weighted by Crippen LogP contribution is 2.26. The second-order valence-electron chi connectivity index (χ2n) is 6.05. The molecule has 2 N–H and O–H groups in total. The van der Waals surface area contributed by atoms with E-state index in [2.05, 4.69) is 27.7 Å². The van der Waals surface area contributed by atoms with Crippen LogP contribution in [0.2, 0.25) is 0 Å². The van der Waals surface area contributed by atoms with Gasteiger partial charge in [-0.2, -0.15) is 0 Å². The Morgan fingerprint density at radius 1 is 1.39 bits per heavy atom. The number of methoxy groups -OCH3 is 1. The molecule has 2 heterocycles. The molecular formula is C17H25N3O2S. The van der Waals surface area contributed by atoms with Gasteiger partial charge in [0.15, 0.2) is 0 Å². The van der Waals surface area contributed by atoms with Gasteiger partial charge in [0.05, 0.1) is 19.2 Å². The Kier molecular flexibility index (Phi) is 5.80. The number of nitrogens with one attached hydrogen (secondary N) is 2. The molecule has 0 spiro atoms. The highest BCUT2D eigenvalue weighted by atomic mass is 32.2. The van der Waals surface area contributed by atoms with Crippen LogP contribution < -0.4 is 15.4 Å². The molecule has 0 radical (unpaired) electrons. The van der Waals surface area contributed by atoms with Crippen molar-refractivity contribution >= 4 is 17.7 Å². The summed E-state index contributed by atoms with van der Waals surface area (Å²) in [5, 5.41) is 6.37. The standard InChI is InChI=1S/C17H25N3O2S/c1-22-14-6-4-13(5-7-14)16(20-8-2-3-9-20)10-18-17(21)15-11-23-12-19-15/h4-7,15-16,19H,2-3,8-12H2,1H3,(H,18,21)/t15-,16?/m1/s1. The number of benzene rings is 1. The maximum Gasteiger partial charge on any atom is 0.238 e. The van der Waals surface area contributed by atoms with Crippen molar-refractivity contribution in [3.63, 3.8) is 0 Å². The van der Waals surface area contributed by atoms with E-state index in [0.717, 1.165) is 30.5 Å². The molecule has 1 amide bonds. The Labute approximate surface area is 142 Å². The fraction of sp³-hybridized carbons (Fsp3) is 0.588. The van der Waals surface area contributed by atoms with Crippen LogP contribution >= 0.6 is 11.8 Å². The van der Waals surface area contributed by atoms with E-state index in [1.54, 1.807) is 18.9 Å². The molecule has 1 unspecified atom stereocenters. The second kappa shape index (κ2) is 8.04. The minimum atomic E-state index is -0.0462. The predicted molar refractivity (Wildman–Crippen MR) is 93.8 cm³/mol. The quantitative estimate of drug-likeness (QED) is 0.827. The zero-order chi connectivity index (χ0) is 16.1. The van der Waals surface area contributed by atoms with Crippen molar-refractivity contribution in [1.29, 1.82) is 0 Å². The first-order chi connectivity index (χ1) is 11.3. The number of hydrogen-bond donors (Lipinski definition) is 2. The van der Waals surface area contributed by atoms with Crippen molar-refractivity contribution < 1.29 is 9.53 Å². The Balaban J connectivity index is 1.66. The third kappa shape index (κ3) is 4.19. The number of thioether (sulfide) groups is 1. The van der Waals surface area contributed by atoms with E-state index in [1.807, 2.05) is 12.1 Å². The number of carbonyl (C=O) groups is 1. The number of hydrogen-bond acceptors (Lipinski definition) is 5. The van der Waals surface area contributed by atoms with Crippen molar-refractivity contribution in [2.45, 2.75) is 24.9 Å². The third-order valence-corrected chi connectivity index (χ3v) is 5.52. The highest BCUT2D eigenvalue weighted by molar-refractivity contribution is 7.99. The van der Waals surface area contributed by atoms with Gasteiger partial charge in [0.2, 0.25) is 5.91 Å². The summed E-state index contributed by atoms with van der Waals surface area (Å²) in [6.45, 7) is 2.86. The molecule has 0 saturated carbocycles. The number of amides is 1. The number of rotatable bonds is 6. The van der Waals surface area contributed by atoms with Crippen molar-refractivity contribution in [3.05, 3.63) is 29.8 Å². The van der Waals surface area contributed by atoms with Crippen molar-refractivity contribution in [1.82, 2.24) is 15.5 Å². The lowest BCUT2D eigenvalue weighted by Crippen LogP contribution is -2.45. The summed E-state index contributed by atoms with van der Waals surface area (Å²) >= 11 is 1.77. The largest absolute Gasteiger partial charge is 0.497 e. The first-order valence-corrected chi connectivity index (χ1v) is 9.40. The van der Waals surface area contributed by atoms with E-state index >= 15 is 0 Å². The molecule has 2 atom stereocenters. The van der Waals surface area contributed by atoms with Crippen LogP contribution in [-0.2, 0) is 4.79 Å².